The van der Waals surface area contributed by atoms with Gasteiger partial charge in [0, 0.05) is 0 Å². The highest BCUT2D eigenvalue weighted by Gasteiger charge is 2.48. The second-order valence-electron chi connectivity index (χ2n) is 8.42. The zero-order chi connectivity index (χ0) is 25.3. The van der Waals surface area contributed by atoms with Gasteiger partial charge in [-0.1, -0.05) is 60.7 Å². The number of benzene rings is 3. The Morgan fingerprint density at radius 2 is 1.47 bits per heavy atom. The molecule has 3 aromatic rings. The molecule has 190 valence electrons. The Labute approximate surface area is 210 Å². The summed E-state index contributed by atoms with van der Waals surface area (Å²) in [6.45, 7) is 0.414. The molecule has 8 nitrogen and oxygen atoms in total. The van der Waals surface area contributed by atoms with Crippen LogP contribution in [-0.2, 0) is 32.2 Å². The molecule has 0 aromatic heterocycles. The van der Waals surface area contributed by atoms with Gasteiger partial charge in [-0.25, -0.2) is 4.79 Å². The second-order valence-corrected chi connectivity index (χ2v) is 8.42. The number of carbonyl (C=O) groups is 1. The Morgan fingerprint density at radius 3 is 2.14 bits per heavy atom. The third kappa shape index (κ3) is 6.69. The van der Waals surface area contributed by atoms with Crippen molar-refractivity contribution in [2.24, 2.45) is 0 Å². The first-order valence-corrected chi connectivity index (χ1v) is 11.7. The van der Waals surface area contributed by atoms with Crippen LogP contribution in [0.3, 0.4) is 0 Å². The third-order valence-corrected chi connectivity index (χ3v) is 5.88. The lowest BCUT2D eigenvalue weighted by Gasteiger charge is -2.42. The smallest absolute Gasteiger partial charge is 0.338 e. The van der Waals surface area contributed by atoms with Crippen molar-refractivity contribution < 1.29 is 38.7 Å². The summed E-state index contributed by atoms with van der Waals surface area (Å²) >= 11 is 0. The molecule has 4 rings (SSSR count). The molecular weight excluding hydrogens is 464 g/mol. The summed E-state index contributed by atoms with van der Waals surface area (Å²) in [4.78, 5) is 12.7. The molecule has 0 saturated carbocycles. The maximum Gasteiger partial charge on any atom is 0.338 e. The van der Waals surface area contributed by atoms with Crippen molar-refractivity contribution in [1.82, 2.24) is 0 Å². The van der Waals surface area contributed by atoms with Gasteiger partial charge in [-0.3, -0.25) is 0 Å². The van der Waals surface area contributed by atoms with Crippen molar-refractivity contribution in [2.75, 3.05) is 13.7 Å². The van der Waals surface area contributed by atoms with Crippen LogP contribution in [0.15, 0.2) is 84.9 Å². The van der Waals surface area contributed by atoms with Crippen molar-refractivity contribution in [1.29, 1.82) is 0 Å². The van der Waals surface area contributed by atoms with Crippen LogP contribution in [0.25, 0.3) is 0 Å². The number of ether oxygens (including phenoxy) is 5. The molecule has 0 aliphatic carbocycles. The average Bonchev–Trinajstić information content (AvgIpc) is 2.92. The quantitative estimate of drug-likeness (QED) is 0.415. The molecule has 3 aromatic carbocycles. The molecule has 1 heterocycles. The van der Waals surface area contributed by atoms with Gasteiger partial charge < -0.3 is 33.9 Å². The molecule has 1 aliphatic heterocycles. The van der Waals surface area contributed by atoms with Gasteiger partial charge in [0.05, 0.1) is 32.5 Å². The lowest BCUT2D eigenvalue weighted by atomic mass is 9.98. The predicted octanol–water partition coefficient (Wildman–Crippen LogP) is 3.10. The fourth-order valence-corrected chi connectivity index (χ4v) is 3.91. The topological polar surface area (TPSA) is 104 Å². The van der Waals surface area contributed by atoms with Crippen LogP contribution in [0, 0.1) is 0 Å². The van der Waals surface area contributed by atoms with E-state index >= 15 is 0 Å². The molecular formula is C28H30O8. The summed E-state index contributed by atoms with van der Waals surface area (Å²) in [7, 11) is 1.60. The van der Waals surface area contributed by atoms with Crippen LogP contribution in [0.1, 0.15) is 21.5 Å². The maximum absolute atomic E-state index is 12.7. The van der Waals surface area contributed by atoms with Crippen molar-refractivity contribution in [3.8, 4) is 5.75 Å². The first-order chi connectivity index (χ1) is 17.5. The van der Waals surface area contributed by atoms with Crippen LogP contribution < -0.4 is 4.74 Å². The molecule has 8 heteroatoms. The van der Waals surface area contributed by atoms with E-state index in [1.165, 1.54) is 0 Å². The minimum absolute atomic E-state index is 0.00515. The number of rotatable bonds is 10. The summed E-state index contributed by atoms with van der Waals surface area (Å²) in [6.07, 6.45) is -5.92. The Kier molecular flexibility index (Phi) is 9.05. The third-order valence-electron chi connectivity index (χ3n) is 5.88. The Bertz CT molecular complexity index is 1070. The molecule has 36 heavy (non-hydrogen) atoms. The Balaban J connectivity index is 1.43. The van der Waals surface area contributed by atoms with Gasteiger partial charge in [0.1, 0.15) is 24.1 Å². The first kappa shape index (κ1) is 25.8. The van der Waals surface area contributed by atoms with E-state index in [2.05, 4.69) is 0 Å². The van der Waals surface area contributed by atoms with Crippen LogP contribution in [0.5, 0.6) is 5.75 Å². The second kappa shape index (κ2) is 12.6. The average molecular weight is 495 g/mol. The molecule has 1 saturated heterocycles. The van der Waals surface area contributed by atoms with Gasteiger partial charge in [0.25, 0.3) is 0 Å². The molecule has 5 atom stereocenters. The molecule has 0 spiro atoms. The van der Waals surface area contributed by atoms with Gasteiger partial charge >= 0.3 is 5.97 Å². The van der Waals surface area contributed by atoms with Crippen LogP contribution in [0.4, 0.5) is 0 Å². The predicted molar refractivity (Wildman–Crippen MR) is 130 cm³/mol. The molecule has 5 unspecified atom stereocenters. The van der Waals surface area contributed by atoms with Crippen LogP contribution in [0.2, 0.25) is 0 Å². The van der Waals surface area contributed by atoms with E-state index in [9.17, 15) is 15.0 Å². The number of carbonyl (C=O) groups excluding carboxylic acids is 1. The highest BCUT2D eigenvalue weighted by molar-refractivity contribution is 5.89. The van der Waals surface area contributed by atoms with Crippen LogP contribution in [-0.4, -0.2) is 60.6 Å². The number of hydrogen-bond donors (Lipinski definition) is 2. The zero-order valence-corrected chi connectivity index (χ0v) is 19.9. The van der Waals surface area contributed by atoms with Gasteiger partial charge in [-0.15, -0.1) is 0 Å². The van der Waals surface area contributed by atoms with E-state index in [1.807, 2.05) is 54.6 Å². The van der Waals surface area contributed by atoms with E-state index in [-0.39, 0.29) is 19.8 Å². The van der Waals surface area contributed by atoms with E-state index in [0.29, 0.717) is 5.56 Å². The molecule has 0 bridgehead atoms. The Hall–Kier alpha value is -3.27. The van der Waals surface area contributed by atoms with Gasteiger partial charge in [0.2, 0.25) is 0 Å². The summed E-state index contributed by atoms with van der Waals surface area (Å²) < 4.78 is 28.0. The van der Waals surface area contributed by atoms with Crippen molar-refractivity contribution >= 4 is 5.97 Å². The van der Waals surface area contributed by atoms with E-state index < -0.39 is 36.7 Å². The summed E-state index contributed by atoms with van der Waals surface area (Å²) in [5.41, 5.74) is 2.09. The van der Waals surface area contributed by atoms with E-state index in [0.717, 1.165) is 16.9 Å². The number of hydrogen-bond acceptors (Lipinski definition) is 8. The minimum atomic E-state index is -1.52. The summed E-state index contributed by atoms with van der Waals surface area (Å²) in [5.74, 6) is 0.0837. The fraction of sp³-hybridized carbons (Fsp3) is 0.321. The monoisotopic (exact) mass is 494 g/mol. The van der Waals surface area contributed by atoms with Crippen molar-refractivity contribution in [3.63, 3.8) is 0 Å². The van der Waals surface area contributed by atoms with Gasteiger partial charge in [-0.05, 0) is 35.4 Å². The molecule has 0 radical (unpaired) electrons. The molecule has 2 N–H and O–H groups in total. The van der Waals surface area contributed by atoms with Crippen molar-refractivity contribution in [2.45, 2.75) is 43.9 Å². The van der Waals surface area contributed by atoms with Gasteiger partial charge in [-0.2, -0.15) is 0 Å². The largest absolute Gasteiger partial charge is 0.497 e. The number of methoxy groups -OCH3 is 1. The standard InChI is InChI=1S/C28H30O8/c1-32-22-14-12-20(13-15-22)16-33-18-23-24(29)25(34-17-19-8-4-2-5-9-19)26(28(31)35-23)36-27(30)21-10-6-3-7-11-21/h2-15,23-26,28-29,31H,16-18H2,1H3. The van der Waals surface area contributed by atoms with Gasteiger partial charge in [0.15, 0.2) is 12.4 Å². The van der Waals surface area contributed by atoms with E-state index in [4.69, 9.17) is 23.7 Å². The lowest BCUT2D eigenvalue weighted by Crippen LogP contribution is -2.60. The number of esters is 1. The zero-order valence-electron chi connectivity index (χ0n) is 19.9. The molecule has 0 amide bonds. The van der Waals surface area contributed by atoms with Crippen molar-refractivity contribution in [3.05, 3.63) is 102 Å². The highest BCUT2D eigenvalue weighted by Crippen LogP contribution is 2.27. The first-order valence-electron chi connectivity index (χ1n) is 11.7. The minimum Gasteiger partial charge on any atom is -0.497 e. The normalized spacial score (nSPS) is 23.7. The number of aliphatic hydroxyl groups excluding tert-OH is 2. The highest BCUT2D eigenvalue weighted by atomic mass is 16.7. The lowest BCUT2D eigenvalue weighted by molar-refractivity contribution is -0.297. The molecule has 1 aliphatic rings. The van der Waals surface area contributed by atoms with Crippen LogP contribution >= 0.6 is 0 Å². The number of aliphatic hydroxyl groups is 2. The van der Waals surface area contributed by atoms with E-state index in [1.54, 1.807) is 37.4 Å². The maximum atomic E-state index is 12.7. The Morgan fingerprint density at radius 1 is 0.833 bits per heavy atom. The SMILES string of the molecule is COc1ccc(COCC2OC(O)C(OC(=O)c3ccccc3)C(OCc3ccccc3)C2O)cc1. The summed E-state index contributed by atoms with van der Waals surface area (Å²) in [5, 5.41) is 21.8. The fourth-order valence-electron chi connectivity index (χ4n) is 3.91. The molecule has 1 fully saturated rings. The summed E-state index contributed by atoms with van der Waals surface area (Å²) in [6, 6.07) is 25.2.